The number of methoxy groups -OCH3 is 1. The number of nitrogens with zero attached hydrogens (tertiary/aromatic N) is 3. The summed E-state index contributed by atoms with van der Waals surface area (Å²) in [5.74, 6) is 0.699. The summed E-state index contributed by atoms with van der Waals surface area (Å²) in [5, 5.41) is 20.8. The van der Waals surface area contributed by atoms with E-state index in [2.05, 4.69) is 15.5 Å². The molecule has 0 spiro atoms. The van der Waals surface area contributed by atoms with E-state index in [4.69, 9.17) is 4.74 Å². The van der Waals surface area contributed by atoms with Gasteiger partial charge in [-0.2, -0.15) is 0 Å². The molecule has 0 aliphatic carbocycles. The van der Waals surface area contributed by atoms with Crippen LogP contribution in [0.3, 0.4) is 0 Å². The predicted molar refractivity (Wildman–Crippen MR) is 84.2 cm³/mol. The van der Waals surface area contributed by atoms with Crippen molar-refractivity contribution >= 4 is 22.5 Å². The smallest absolute Gasteiger partial charge is 0.324 e. The van der Waals surface area contributed by atoms with E-state index < -0.39 is 0 Å². The Hall–Kier alpha value is -2.19. The van der Waals surface area contributed by atoms with Gasteiger partial charge in [0.1, 0.15) is 10.8 Å². The second-order valence-corrected chi connectivity index (χ2v) is 5.70. The average molecular weight is 322 g/mol. The van der Waals surface area contributed by atoms with Crippen LogP contribution in [-0.4, -0.2) is 46.5 Å². The fourth-order valence-corrected chi connectivity index (χ4v) is 2.51. The van der Waals surface area contributed by atoms with E-state index in [0.717, 1.165) is 10.6 Å². The molecule has 22 heavy (non-hydrogen) atoms. The molecule has 0 saturated carbocycles. The Morgan fingerprint density at radius 3 is 2.82 bits per heavy atom. The Morgan fingerprint density at radius 1 is 1.41 bits per heavy atom. The molecular formula is C14H18N4O3S. The van der Waals surface area contributed by atoms with Gasteiger partial charge in [-0.25, -0.2) is 4.79 Å². The van der Waals surface area contributed by atoms with Gasteiger partial charge in [0, 0.05) is 12.1 Å². The molecule has 8 heteroatoms. The van der Waals surface area contributed by atoms with Crippen LogP contribution in [0.1, 0.15) is 10.6 Å². The number of ether oxygens (including phenoxy) is 1. The number of para-hydroxylation sites is 1. The standard InChI is InChI=1S/C14H18N4O3S/c1-10-16-17-13(22-10)15-14(20)18(7-8-19)9-11-5-3-4-6-12(11)21-2/h3-6,19H,7-9H2,1-2H3,(H,15,17,20). The molecule has 7 nitrogen and oxygen atoms in total. The molecule has 0 fully saturated rings. The lowest BCUT2D eigenvalue weighted by Gasteiger charge is -2.22. The molecule has 0 saturated heterocycles. The van der Waals surface area contributed by atoms with Gasteiger partial charge in [-0.15, -0.1) is 10.2 Å². The van der Waals surface area contributed by atoms with E-state index in [-0.39, 0.29) is 19.2 Å². The van der Waals surface area contributed by atoms with E-state index in [1.165, 1.54) is 16.2 Å². The van der Waals surface area contributed by atoms with Crippen LogP contribution in [0.25, 0.3) is 0 Å². The fourth-order valence-electron chi connectivity index (χ4n) is 1.93. The number of aryl methyl sites for hydroxylation is 1. The quantitative estimate of drug-likeness (QED) is 0.848. The molecule has 0 aliphatic heterocycles. The Kier molecular flexibility index (Phi) is 5.68. The third kappa shape index (κ3) is 4.15. The van der Waals surface area contributed by atoms with Gasteiger partial charge < -0.3 is 14.7 Å². The highest BCUT2D eigenvalue weighted by Gasteiger charge is 2.17. The number of carbonyl (C=O) groups excluding carboxylic acids is 1. The monoisotopic (exact) mass is 322 g/mol. The number of hydrogen-bond donors (Lipinski definition) is 2. The number of amides is 2. The zero-order chi connectivity index (χ0) is 15.9. The molecule has 1 aromatic carbocycles. The minimum atomic E-state index is -0.337. The predicted octanol–water partition coefficient (Wildman–Crippen LogP) is 1.88. The van der Waals surface area contributed by atoms with Gasteiger partial charge in [-0.3, -0.25) is 5.32 Å². The molecular weight excluding hydrogens is 304 g/mol. The maximum absolute atomic E-state index is 12.3. The molecule has 2 rings (SSSR count). The molecule has 0 bridgehead atoms. The summed E-state index contributed by atoms with van der Waals surface area (Å²) >= 11 is 1.30. The minimum Gasteiger partial charge on any atom is -0.496 e. The molecule has 0 unspecified atom stereocenters. The van der Waals surface area contributed by atoms with Crippen LogP contribution in [0.2, 0.25) is 0 Å². The molecule has 0 radical (unpaired) electrons. The van der Waals surface area contributed by atoms with E-state index >= 15 is 0 Å². The Labute approximate surface area is 132 Å². The minimum absolute atomic E-state index is 0.127. The van der Waals surface area contributed by atoms with Crippen molar-refractivity contribution in [2.24, 2.45) is 0 Å². The summed E-state index contributed by atoms with van der Waals surface area (Å²) in [7, 11) is 1.58. The van der Waals surface area contributed by atoms with Crippen LogP contribution >= 0.6 is 11.3 Å². The molecule has 1 heterocycles. The van der Waals surface area contributed by atoms with Crippen molar-refractivity contribution in [1.29, 1.82) is 0 Å². The van der Waals surface area contributed by atoms with Gasteiger partial charge in [0.05, 0.1) is 20.3 Å². The number of rotatable bonds is 6. The lowest BCUT2D eigenvalue weighted by molar-refractivity contribution is 0.184. The number of urea groups is 1. The zero-order valence-electron chi connectivity index (χ0n) is 12.4. The highest BCUT2D eigenvalue weighted by molar-refractivity contribution is 7.15. The first kappa shape index (κ1) is 16.2. The summed E-state index contributed by atoms with van der Waals surface area (Å²) in [6, 6.07) is 7.12. The maximum atomic E-state index is 12.3. The Bertz CT molecular complexity index is 632. The normalized spacial score (nSPS) is 10.3. The third-order valence-electron chi connectivity index (χ3n) is 2.95. The van der Waals surface area contributed by atoms with Crippen LogP contribution in [0.4, 0.5) is 9.93 Å². The summed E-state index contributed by atoms with van der Waals surface area (Å²) < 4.78 is 5.28. The van der Waals surface area contributed by atoms with Crippen molar-refractivity contribution in [3.8, 4) is 5.75 Å². The topological polar surface area (TPSA) is 87.6 Å². The van der Waals surface area contributed by atoms with Crippen LogP contribution in [0.5, 0.6) is 5.75 Å². The number of anilines is 1. The Balaban J connectivity index is 2.10. The van der Waals surface area contributed by atoms with Gasteiger partial charge in [0.15, 0.2) is 0 Å². The van der Waals surface area contributed by atoms with Crippen molar-refractivity contribution in [3.63, 3.8) is 0 Å². The van der Waals surface area contributed by atoms with E-state index in [9.17, 15) is 9.90 Å². The van der Waals surface area contributed by atoms with E-state index in [1.807, 2.05) is 31.2 Å². The van der Waals surface area contributed by atoms with Gasteiger partial charge >= 0.3 is 6.03 Å². The van der Waals surface area contributed by atoms with Crippen molar-refractivity contribution in [1.82, 2.24) is 15.1 Å². The number of aliphatic hydroxyl groups excluding tert-OH is 1. The van der Waals surface area contributed by atoms with Crippen LogP contribution in [0.15, 0.2) is 24.3 Å². The number of benzene rings is 1. The van der Waals surface area contributed by atoms with Crippen molar-refractivity contribution in [2.75, 3.05) is 25.6 Å². The largest absolute Gasteiger partial charge is 0.496 e. The van der Waals surface area contributed by atoms with Gasteiger partial charge in [0.2, 0.25) is 5.13 Å². The SMILES string of the molecule is COc1ccccc1CN(CCO)C(=O)Nc1nnc(C)s1. The summed E-state index contributed by atoms with van der Waals surface area (Å²) in [6.07, 6.45) is 0. The Morgan fingerprint density at radius 2 is 2.18 bits per heavy atom. The van der Waals surface area contributed by atoms with Crippen LogP contribution in [0, 0.1) is 6.92 Å². The maximum Gasteiger partial charge on any atom is 0.324 e. The van der Waals surface area contributed by atoms with E-state index in [1.54, 1.807) is 7.11 Å². The van der Waals surface area contributed by atoms with Crippen LogP contribution in [-0.2, 0) is 6.54 Å². The lowest BCUT2D eigenvalue weighted by Crippen LogP contribution is -2.36. The van der Waals surface area contributed by atoms with Gasteiger partial charge in [0.25, 0.3) is 0 Å². The van der Waals surface area contributed by atoms with Crippen LogP contribution < -0.4 is 10.1 Å². The highest BCUT2D eigenvalue weighted by atomic mass is 32.1. The summed E-state index contributed by atoms with van der Waals surface area (Å²) in [5.41, 5.74) is 0.863. The fraction of sp³-hybridized carbons (Fsp3) is 0.357. The first-order chi connectivity index (χ1) is 10.6. The molecule has 1 aromatic heterocycles. The second kappa shape index (κ2) is 7.71. The number of carbonyl (C=O) groups is 1. The lowest BCUT2D eigenvalue weighted by atomic mass is 10.2. The average Bonchev–Trinajstić information content (AvgIpc) is 2.92. The molecule has 0 atom stereocenters. The van der Waals surface area contributed by atoms with Crippen molar-refractivity contribution in [3.05, 3.63) is 34.8 Å². The third-order valence-corrected chi connectivity index (χ3v) is 3.70. The molecule has 2 amide bonds. The molecule has 118 valence electrons. The zero-order valence-corrected chi connectivity index (χ0v) is 13.3. The molecule has 0 aliphatic rings. The van der Waals surface area contributed by atoms with Crippen molar-refractivity contribution in [2.45, 2.75) is 13.5 Å². The molecule has 2 aromatic rings. The first-order valence-electron chi connectivity index (χ1n) is 6.73. The number of nitrogens with one attached hydrogen (secondary N) is 1. The number of hydrogen-bond acceptors (Lipinski definition) is 6. The van der Waals surface area contributed by atoms with E-state index in [0.29, 0.717) is 17.4 Å². The van der Waals surface area contributed by atoms with Gasteiger partial charge in [-0.05, 0) is 13.0 Å². The number of aliphatic hydroxyl groups is 1. The van der Waals surface area contributed by atoms with Crippen molar-refractivity contribution < 1.29 is 14.6 Å². The first-order valence-corrected chi connectivity index (χ1v) is 7.54. The van der Waals surface area contributed by atoms with Gasteiger partial charge in [-0.1, -0.05) is 29.5 Å². The highest BCUT2D eigenvalue weighted by Crippen LogP contribution is 2.20. The second-order valence-electron chi connectivity index (χ2n) is 4.51. The summed E-state index contributed by atoms with van der Waals surface area (Å²) in [4.78, 5) is 13.8. The summed E-state index contributed by atoms with van der Waals surface area (Å²) in [6.45, 7) is 2.22. The number of aromatic nitrogens is 2. The molecule has 2 N–H and O–H groups in total.